The number of unbranched alkanes of at least 4 members (excludes halogenated alkanes) is 4. The van der Waals surface area contributed by atoms with Crippen LogP contribution < -0.4 is 0 Å². The molecule has 3 unspecified atom stereocenters. The number of rotatable bonds is 14. The lowest BCUT2D eigenvalue weighted by molar-refractivity contribution is 0.359. The second-order valence-electron chi connectivity index (χ2n) is 7.38. The van der Waals surface area contributed by atoms with E-state index in [9.17, 15) is 9.46 Å². The van der Waals surface area contributed by atoms with Gasteiger partial charge in [-0.25, -0.2) is 0 Å². The molecule has 2 nitrogen and oxygen atoms in total. The Morgan fingerprint density at radius 3 is 1.82 bits per heavy atom. The largest absolute Gasteiger partial charge is 0.344 e. The maximum absolute atomic E-state index is 13.0. The zero-order valence-electron chi connectivity index (χ0n) is 15.8. The van der Waals surface area contributed by atoms with E-state index >= 15 is 0 Å². The summed E-state index contributed by atoms with van der Waals surface area (Å²) >= 11 is 0. The maximum atomic E-state index is 13.0. The molecule has 0 aromatic heterocycles. The molecule has 0 spiro atoms. The van der Waals surface area contributed by atoms with Gasteiger partial charge in [0.15, 0.2) is 0 Å². The van der Waals surface area contributed by atoms with Crippen molar-refractivity contribution in [3.63, 3.8) is 0 Å². The second kappa shape index (κ2) is 12.6. The van der Waals surface area contributed by atoms with Crippen molar-refractivity contribution in [2.24, 2.45) is 11.8 Å². The van der Waals surface area contributed by atoms with Crippen LogP contribution in [0.2, 0.25) is 0 Å². The Morgan fingerprint density at radius 2 is 1.32 bits per heavy atom. The fourth-order valence-corrected chi connectivity index (χ4v) is 5.95. The van der Waals surface area contributed by atoms with E-state index < -0.39 is 7.37 Å². The fourth-order valence-electron chi connectivity index (χ4n) is 3.20. The molecular weight excluding hydrogens is 291 g/mol. The van der Waals surface area contributed by atoms with Gasteiger partial charge in [-0.15, -0.1) is 0 Å². The highest BCUT2D eigenvalue weighted by molar-refractivity contribution is 7.58. The van der Waals surface area contributed by atoms with E-state index in [4.69, 9.17) is 0 Å². The number of hydrogen-bond acceptors (Lipinski definition) is 1. The van der Waals surface area contributed by atoms with Crippen molar-refractivity contribution in [1.29, 1.82) is 0 Å². The minimum absolute atomic E-state index is 0.0434. The van der Waals surface area contributed by atoms with Gasteiger partial charge in [0.1, 0.15) is 0 Å². The van der Waals surface area contributed by atoms with Crippen LogP contribution in [-0.2, 0) is 4.57 Å². The van der Waals surface area contributed by atoms with Crippen LogP contribution in [-0.4, -0.2) is 16.7 Å². The van der Waals surface area contributed by atoms with E-state index in [0.717, 1.165) is 38.5 Å². The smallest absolute Gasteiger partial charge is 0.203 e. The third-order valence-electron chi connectivity index (χ3n) is 4.97. The highest BCUT2D eigenvalue weighted by Gasteiger charge is 2.33. The van der Waals surface area contributed by atoms with Crippen LogP contribution in [0.4, 0.5) is 0 Å². The van der Waals surface area contributed by atoms with E-state index in [-0.39, 0.29) is 5.66 Å². The van der Waals surface area contributed by atoms with Gasteiger partial charge in [-0.3, -0.25) is 4.57 Å². The monoisotopic (exact) mass is 332 g/mol. The maximum Gasteiger partial charge on any atom is 0.203 e. The molecule has 0 aliphatic carbocycles. The average Bonchev–Trinajstić information content (AvgIpc) is 2.46. The lowest BCUT2D eigenvalue weighted by Crippen LogP contribution is -2.20. The van der Waals surface area contributed by atoms with Gasteiger partial charge in [-0.05, 0) is 31.1 Å². The van der Waals surface area contributed by atoms with Crippen molar-refractivity contribution in [2.75, 3.05) is 6.16 Å². The summed E-state index contributed by atoms with van der Waals surface area (Å²) in [5.74, 6) is 0.917. The van der Waals surface area contributed by atoms with Crippen LogP contribution in [0.25, 0.3) is 0 Å². The van der Waals surface area contributed by atoms with Gasteiger partial charge < -0.3 is 4.89 Å². The molecule has 0 radical (unpaired) electrons. The normalized spacial score (nSPS) is 17.4. The summed E-state index contributed by atoms with van der Waals surface area (Å²) in [6.07, 6.45) is 11.6. The Hall–Kier alpha value is 0.190. The lowest BCUT2D eigenvalue weighted by Gasteiger charge is -2.29. The summed E-state index contributed by atoms with van der Waals surface area (Å²) in [7, 11) is -3.02. The summed E-state index contributed by atoms with van der Waals surface area (Å²) in [4.78, 5) is 10.8. The zero-order valence-corrected chi connectivity index (χ0v) is 16.7. The average molecular weight is 333 g/mol. The zero-order chi connectivity index (χ0) is 17.0. The fraction of sp³-hybridized carbons (Fsp3) is 1.00. The van der Waals surface area contributed by atoms with Gasteiger partial charge in [-0.2, -0.15) is 0 Å². The molecule has 1 N–H and O–H groups in total. The Balaban J connectivity index is 4.76. The van der Waals surface area contributed by atoms with Gasteiger partial charge in [0, 0.05) is 11.8 Å². The van der Waals surface area contributed by atoms with Crippen LogP contribution >= 0.6 is 7.37 Å². The topological polar surface area (TPSA) is 37.3 Å². The van der Waals surface area contributed by atoms with E-state index in [1.807, 2.05) is 0 Å². The van der Waals surface area contributed by atoms with Crippen LogP contribution in [0, 0.1) is 11.8 Å². The molecule has 0 saturated heterocycles. The Morgan fingerprint density at radius 1 is 0.818 bits per heavy atom. The first-order chi connectivity index (χ1) is 10.4. The van der Waals surface area contributed by atoms with Gasteiger partial charge in [-0.1, -0.05) is 79.6 Å². The van der Waals surface area contributed by atoms with E-state index in [0.29, 0.717) is 18.0 Å². The molecule has 3 atom stereocenters. The van der Waals surface area contributed by atoms with Crippen molar-refractivity contribution in [3.05, 3.63) is 0 Å². The standard InChI is InChI=1S/C19H41O2P/c1-6-9-12-15-19(14-11-8-3)22(20,21)16-18(17(4)5)13-10-7-2/h17-19H,6-16H2,1-5H3,(H,20,21). The predicted molar refractivity (Wildman–Crippen MR) is 100 cm³/mol. The molecule has 0 aliphatic rings. The molecule has 0 aromatic rings. The van der Waals surface area contributed by atoms with E-state index in [1.165, 1.54) is 25.7 Å². The Bertz CT molecular complexity index is 302. The summed E-state index contributed by atoms with van der Waals surface area (Å²) in [6.45, 7) is 11.0. The summed E-state index contributed by atoms with van der Waals surface area (Å²) in [6, 6.07) is 0. The van der Waals surface area contributed by atoms with Crippen LogP contribution in [0.1, 0.15) is 98.8 Å². The van der Waals surface area contributed by atoms with Crippen molar-refractivity contribution < 1.29 is 9.46 Å². The van der Waals surface area contributed by atoms with Crippen molar-refractivity contribution in [2.45, 2.75) is 104 Å². The first kappa shape index (κ1) is 22.2. The Kier molecular flexibility index (Phi) is 12.7. The van der Waals surface area contributed by atoms with Gasteiger partial charge >= 0.3 is 0 Å². The van der Waals surface area contributed by atoms with Crippen molar-refractivity contribution >= 4 is 7.37 Å². The molecule has 0 saturated carbocycles. The first-order valence-corrected chi connectivity index (χ1v) is 11.6. The van der Waals surface area contributed by atoms with Crippen molar-refractivity contribution in [1.82, 2.24) is 0 Å². The van der Waals surface area contributed by atoms with Crippen LogP contribution in [0.3, 0.4) is 0 Å². The summed E-state index contributed by atoms with van der Waals surface area (Å²) < 4.78 is 13.0. The molecule has 0 aromatic carbocycles. The second-order valence-corrected chi connectivity index (χ2v) is 9.98. The molecule has 0 rings (SSSR count). The van der Waals surface area contributed by atoms with Gasteiger partial charge in [0.05, 0.1) is 0 Å². The third kappa shape index (κ3) is 9.36. The molecule has 22 heavy (non-hydrogen) atoms. The molecule has 0 bridgehead atoms. The first-order valence-electron chi connectivity index (χ1n) is 9.70. The minimum atomic E-state index is -3.02. The molecular formula is C19H41O2P. The summed E-state index contributed by atoms with van der Waals surface area (Å²) in [5, 5.41) is 0. The van der Waals surface area contributed by atoms with E-state index in [1.54, 1.807) is 0 Å². The van der Waals surface area contributed by atoms with Crippen LogP contribution in [0.15, 0.2) is 0 Å². The molecule has 134 valence electrons. The molecule has 0 heterocycles. The minimum Gasteiger partial charge on any atom is -0.344 e. The lowest BCUT2D eigenvalue weighted by atomic mass is 9.92. The third-order valence-corrected chi connectivity index (χ3v) is 7.62. The number of hydrogen-bond donors (Lipinski definition) is 1. The van der Waals surface area contributed by atoms with E-state index in [2.05, 4.69) is 34.6 Å². The quantitative estimate of drug-likeness (QED) is 0.279. The predicted octanol–water partition coefficient (Wildman–Crippen LogP) is 6.86. The van der Waals surface area contributed by atoms with Crippen molar-refractivity contribution in [3.8, 4) is 0 Å². The molecule has 0 amide bonds. The molecule has 0 aliphatic heterocycles. The highest BCUT2D eigenvalue weighted by atomic mass is 31.2. The van der Waals surface area contributed by atoms with Gasteiger partial charge in [0.25, 0.3) is 0 Å². The molecule has 3 heteroatoms. The van der Waals surface area contributed by atoms with Crippen LogP contribution in [0.5, 0.6) is 0 Å². The highest BCUT2D eigenvalue weighted by Crippen LogP contribution is 2.53. The summed E-state index contributed by atoms with van der Waals surface area (Å²) in [5.41, 5.74) is 0.0434. The SMILES string of the molecule is CCCCCC(CCCC)P(=O)(O)CC(CCCC)C(C)C. The van der Waals surface area contributed by atoms with Gasteiger partial charge in [0.2, 0.25) is 7.37 Å². The Labute approximate surface area is 139 Å². The molecule has 0 fully saturated rings.